The first-order valence-electron chi connectivity index (χ1n) is 11.2. The summed E-state index contributed by atoms with van der Waals surface area (Å²) in [6.45, 7) is 6.27. The van der Waals surface area contributed by atoms with Crippen LogP contribution in [0.2, 0.25) is 0 Å². The molecule has 0 bridgehead atoms. The number of likely N-dealkylation sites (N-methyl/N-ethyl adjacent to an activating group) is 1. The molecule has 1 atom stereocenters. The van der Waals surface area contributed by atoms with E-state index in [9.17, 15) is 4.79 Å². The second-order valence-electron chi connectivity index (χ2n) is 9.03. The minimum Gasteiger partial charge on any atom is -0.369 e. The minimum absolute atomic E-state index is 0.141. The molecule has 0 aromatic carbocycles. The van der Waals surface area contributed by atoms with E-state index in [1.807, 2.05) is 4.90 Å². The maximum absolute atomic E-state index is 11.9. The highest BCUT2D eigenvalue weighted by Crippen LogP contribution is 2.31. The lowest BCUT2D eigenvalue weighted by molar-refractivity contribution is -0.129. The maximum Gasteiger partial charge on any atom is 0.219 e. The van der Waals surface area contributed by atoms with E-state index in [1.165, 1.54) is 51.5 Å². The quantitative estimate of drug-likeness (QED) is 0.862. The number of carbonyl (C=O) groups is 1. The summed E-state index contributed by atoms with van der Waals surface area (Å²) in [6.07, 6.45) is 9.95. The van der Waals surface area contributed by atoms with Crippen LogP contribution in [0.5, 0.6) is 0 Å². The molecule has 0 unspecified atom stereocenters. The average Bonchev–Trinajstić information content (AvgIpc) is 2.72. The third-order valence-corrected chi connectivity index (χ3v) is 6.80. The molecule has 154 valence electrons. The molecule has 1 saturated heterocycles. The zero-order valence-corrected chi connectivity index (χ0v) is 17.5. The summed E-state index contributed by atoms with van der Waals surface area (Å²) < 4.78 is 0. The molecule has 1 aliphatic carbocycles. The van der Waals surface area contributed by atoms with Gasteiger partial charge >= 0.3 is 0 Å². The molecule has 1 saturated carbocycles. The van der Waals surface area contributed by atoms with E-state index < -0.39 is 0 Å². The van der Waals surface area contributed by atoms with Crippen LogP contribution >= 0.6 is 0 Å². The molecular weight excluding hydrogens is 350 g/mol. The number of amides is 1. The number of hydrogen-bond donors (Lipinski definition) is 1. The van der Waals surface area contributed by atoms with Gasteiger partial charge in [-0.25, -0.2) is 9.97 Å². The van der Waals surface area contributed by atoms with Crippen LogP contribution in [0.1, 0.15) is 74.9 Å². The first-order valence-corrected chi connectivity index (χ1v) is 11.2. The summed E-state index contributed by atoms with van der Waals surface area (Å²) in [4.78, 5) is 26.3. The molecular formula is C22H35N5O. The van der Waals surface area contributed by atoms with Gasteiger partial charge in [-0.15, -0.1) is 0 Å². The number of fused-ring (bicyclic) bond motifs is 1. The topological polar surface area (TPSA) is 61.4 Å². The Morgan fingerprint density at radius 1 is 1.11 bits per heavy atom. The van der Waals surface area contributed by atoms with Crippen LogP contribution < -0.4 is 5.32 Å². The Balaban J connectivity index is 1.58. The lowest BCUT2D eigenvalue weighted by Gasteiger charge is -2.32. The van der Waals surface area contributed by atoms with Gasteiger partial charge in [-0.1, -0.05) is 19.3 Å². The average molecular weight is 386 g/mol. The Kier molecular flexibility index (Phi) is 6.14. The molecule has 6 nitrogen and oxygen atoms in total. The van der Waals surface area contributed by atoms with Gasteiger partial charge in [0.15, 0.2) is 0 Å². The predicted molar refractivity (Wildman–Crippen MR) is 111 cm³/mol. The molecule has 4 rings (SSSR count). The highest BCUT2D eigenvalue weighted by atomic mass is 16.2. The van der Waals surface area contributed by atoms with E-state index in [2.05, 4.69) is 17.3 Å². The molecule has 1 amide bonds. The molecule has 3 aliphatic rings. The zero-order chi connectivity index (χ0) is 19.5. The molecule has 28 heavy (non-hydrogen) atoms. The first kappa shape index (κ1) is 19.6. The zero-order valence-electron chi connectivity index (χ0n) is 17.5. The fraction of sp³-hybridized carbons (Fsp3) is 0.773. The second-order valence-corrected chi connectivity index (χ2v) is 9.03. The van der Waals surface area contributed by atoms with Gasteiger partial charge in [-0.05, 0) is 45.2 Å². The number of rotatable bonds is 4. The van der Waals surface area contributed by atoms with E-state index >= 15 is 0 Å². The molecule has 1 aromatic rings. The van der Waals surface area contributed by atoms with E-state index in [1.54, 1.807) is 6.92 Å². The van der Waals surface area contributed by atoms with Crippen LogP contribution in [0.3, 0.4) is 0 Å². The Labute approximate surface area is 169 Å². The van der Waals surface area contributed by atoms with Crippen molar-refractivity contribution in [2.75, 3.05) is 38.5 Å². The standard InChI is InChI=1S/C22H35N5O/c1-16(28)27-12-10-20-19(15-27)22(23-13-17-7-4-3-5-8-17)25-21(24-20)18-9-6-11-26(2)14-18/h17-18H,3-15H2,1-2H3,(H,23,24,25)/t18-/m1/s1. The van der Waals surface area contributed by atoms with Gasteiger partial charge in [0.1, 0.15) is 11.6 Å². The smallest absolute Gasteiger partial charge is 0.219 e. The molecule has 0 spiro atoms. The van der Waals surface area contributed by atoms with E-state index in [0.717, 1.165) is 54.9 Å². The number of aromatic nitrogens is 2. The van der Waals surface area contributed by atoms with Crippen molar-refractivity contribution in [1.82, 2.24) is 19.8 Å². The van der Waals surface area contributed by atoms with Gasteiger partial charge in [0.25, 0.3) is 0 Å². The fourth-order valence-corrected chi connectivity index (χ4v) is 5.04. The van der Waals surface area contributed by atoms with Crippen molar-refractivity contribution in [2.45, 2.75) is 70.8 Å². The summed E-state index contributed by atoms with van der Waals surface area (Å²) in [5, 5.41) is 3.69. The molecule has 3 heterocycles. The lowest BCUT2D eigenvalue weighted by Crippen LogP contribution is -2.37. The van der Waals surface area contributed by atoms with Gasteiger partial charge in [-0.3, -0.25) is 4.79 Å². The molecule has 1 N–H and O–H groups in total. The van der Waals surface area contributed by atoms with Gasteiger partial charge in [-0.2, -0.15) is 0 Å². The highest BCUT2D eigenvalue weighted by Gasteiger charge is 2.28. The molecule has 2 aliphatic heterocycles. The molecule has 0 radical (unpaired) electrons. The lowest BCUT2D eigenvalue weighted by atomic mass is 9.89. The van der Waals surface area contributed by atoms with Gasteiger partial charge in [0.05, 0.1) is 12.2 Å². The van der Waals surface area contributed by atoms with E-state index in [0.29, 0.717) is 12.5 Å². The van der Waals surface area contributed by atoms with Crippen LogP contribution in [0.25, 0.3) is 0 Å². The van der Waals surface area contributed by atoms with Crippen LogP contribution in [0, 0.1) is 5.92 Å². The monoisotopic (exact) mass is 385 g/mol. The van der Waals surface area contributed by atoms with Crippen LogP contribution in [0.4, 0.5) is 5.82 Å². The Bertz CT molecular complexity index is 700. The SMILES string of the molecule is CC(=O)N1CCc2nc([C@@H]3CCCN(C)C3)nc(NCC3CCCCC3)c2C1. The number of hydrogen-bond acceptors (Lipinski definition) is 5. The van der Waals surface area contributed by atoms with Crippen molar-refractivity contribution >= 4 is 11.7 Å². The molecule has 1 aromatic heterocycles. The van der Waals surface area contributed by atoms with Crippen molar-refractivity contribution < 1.29 is 4.79 Å². The normalized spacial score (nSPS) is 24.1. The Hall–Kier alpha value is -1.69. The summed E-state index contributed by atoms with van der Waals surface area (Å²) in [6, 6.07) is 0. The number of piperidine rings is 1. The summed E-state index contributed by atoms with van der Waals surface area (Å²) in [5.74, 6) is 3.31. The summed E-state index contributed by atoms with van der Waals surface area (Å²) in [7, 11) is 2.19. The first-order chi connectivity index (χ1) is 13.6. The van der Waals surface area contributed by atoms with Crippen LogP contribution in [-0.2, 0) is 17.8 Å². The maximum atomic E-state index is 11.9. The van der Waals surface area contributed by atoms with E-state index in [-0.39, 0.29) is 5.91 Å². The number of nitrogens with zero attached hydrogens (tertiary/aromatic N) is 4. The third-order valence-electron chi connectivity index (χ3n) is 6.80. The fourth-order valence-electron chi connectivity index (χ4n) is 5.04. The van der Waals surface area contributed by atoms with Crippen molar-refractivity contribution in [3.05, 3.63) is 17.1 Å². The predicted octanol–water partition coefficient (Wildman–Crippen LogP) is 3.18. The van der Waals surface area contributed by atoms with Gasteiger partial charge < -0.3 is 15.1 Å². The van der Waals surface area contributed by atoms with E-state index in [4.69, 9.17) is 9.97 Å². The molecule has 6 heteroatoms. The van der Waals surface area contributed by atoms with Crippen molar-refractivity contribution in [3.8, 4) is 0 Å². The number of likely N-dealkylation sites (tertiary alicyclic amines) is 1. The summed E-state index contributed by atoms with van der Waals surface area (Å²) >= 11 is 0. The van der Waals surface area contributed by atoms with Gasteiger partial charge in [0.2, 0.25) is 5.91 Å². The van der Waals surface area contributed by atoms with Crippen LogP contribution in [-0.4, -0.2) is 58.9 Å². The summed E-state index contributed by atoms with van der Waals surface area (Å²) in [5.41, 5.74) is 2.30. The van der Waals surface area contributed by atoms with Crippen molar-refractivity contribution in [3.63, 3.8) is 0 Å². The number of nitrogens with one attached hydrogen (secondary N) is 1. The van der Waals surface area contributed by atoms with Crippen molar-refractivity contribution in [1.29, 1.82) is 0 Å². The second kappa shape index (κ2) is 8.76. The van der Waals surface area contributed by atoms with Crippen molar-refractivity contribution in [2.24, 2.45) is 5.92 Å². The highest BCUT2D eigenvalue weighted by molar-refractivity contribution is 5.74. The minimum atomic E-state index is 0.141. The number of carbonyl (C=O) groups excluding carboxylic acids is 1. The van der Waals surface area contributed by atoms with Crippen LogP contribution in [0.15, 0.2) is 0 Å². The number of anilines is 1. The Morgan fingerprint density at radius 3 is 2.68 bits per heavy atom. The van der Waals surface area contributed by atoms with Gasteiger partial charge in [0, 0.05) is 44.5 Å². The largest absolute Gasteiger partial charge is 0.369 e. The Morgan fingerprint density at radius 2 is 1.93 bits per heavy atom. The third kappa shape index (κ3) is 4.48. The molecule has 2 fully saturated rings.